The van der Waals surface area contributed by atoms with E-state index < -0.39 is 0 Å². The summed E-state index contributed by atoms with van der Waals surface area (Å²) in [7, 11) is 4.83. The van der Waals surface area contributed by atoms with Gasteiger partial charge in [-0.3, -0.25) is 0 Å². The zero-order chi connectivity index (χ0) is 14.8. The van der Waals surface area contributed by atoms with E-state index in [-0.39, 0.29) is 6.61 Å². The van der Waals surface area contributed by atoms with Crippen molar-refractivity contribution < 1.29 is 19.3 Å². The summed E-state index contributed by atoms with van der Waals surface area (Å²) in [5.41, 5.74) is 1.08. The highest BCUT2D eigenvalue weighted by Crippen LogP contribution is 2.38. The van der Waals surface area contributed by atoms with E-state index in [1.165, 1.54) is 0 Å². The van der Waals surface area contributed by atoms with Crippen LogP contribution in [0.2, 0.25) is 0 Å². The van der Waals surface area contributed by atoms with E-state index in [0.717, 1.165) is 37.9 Å². The van der Waals surface area contributed by atoms with E-state index in [9.17, 15) is 0 Å². The standard InChI is InChI=1S/C15H25NO4/c1-18-13-9-12(10-14(19-2)15(13)20-3)11-16-7-5-4-6-8-17/h9-10,16-17H,4-8,11H2,1-3H3. The number of ether oxygens (including phenoxy) is 3. The number of aliphatic hydroxyl groups excluding tert-OH is 1. The first-order valence-corrected chi connectivity index (χ1v) is 6.87. The Morgan fingerprint density at radius 3 is 2.10 bits per heavy atom. The van der Waals surface area contributed by atoms with Gasteiger partial charge in [0.1, 0.15) is 0 Å². The molecule has 0 bridgehead atoms. The summed E-state index contributed by atoms with van der Waals surface area (Å²) in [5.74, 6) is 1.95. The van der Waals surface area contributed by atoms with Crippen LogP contribution >= 0.6 is 0 Å². The maximum Gasteiger partial charge on any atom is 0.203 e. The first-order chi connectivity index (χ1) is 9.76. The molecule has 2 N–H and O–H groups in total. The van der Waals surface area contributed by atoms with Gasteiger partial charge in [0.2, 0.25) is 5.75 Å². The van der Waals surface area contributed by atoms with Crippen molar-refractivity contribution in [2.24, 2.45) is 0 Å². The van der Waals surface area contributed by atoms with Gasteiger partial charge in [-0.15, -0.1) is 0 Å². The molecular weight excluding hydrogens is 258 g/mol. The molecule has 5 heteroatoms. The number of rotatable bonds is 10. The molecule has 5 nitrogen and oxygen atoms in total. The van der Waals surface area contributed by atoms with Gasteiger partial charge in [-0.05, 0) is 43.5 Å². The SMILES string of the molecule is COc1cc(CNCCCCCO)cc(OC)c1OC. The summed E-state index contributed by atoms with van der Waals surface area (Å²) in [6.45, 7) is 1.94. The molecule has 0 aliphatic carbocycles. The maximum absolute atomic E-state index is 8.71. The molecule has 1 aromatic carbocycles. The fraction of sp³-hybridized carbons (Fsp3) is 0.600. The van der Waals surface area contributed by atoms with Gasteiger partial charge < -0.3 is 24.6 Å². The predicted octanol–water partition coefficient (Wildman–Crippen LogP) is 1.96. The highest BCUT2D eigenvalue weighted by molar-refractivity contribution is 5.53. The second-order valence-corrected chi connectivity index (χ2v) is 4.49. The lowest BCUT2D eigenvalue weighted by atomic mass is 10.1. The summed E-state index contributed by atoms with van der Waals surface area (Å²) < 4.78 is 15.9. The minimum atomic E-state index is 0.271. The molecule has 0 amide bonds. The van der Waals surface area contributed by atoms with Gasteiger partial charge in [0.25, 0.3) is 0 Å². The summed E-state index contributed by atoms with van der Waals surface area (Å²) in [6, 6.07) is 3.89. The molecule has 20 heavy (non-hydrogen) atoms. The molecule has 0 spiro atoms. The van der Waals surface area contributed by atoms with Gasteiger partial charge in [0.15, 0.2) is 11.5 Å². The van der Waals surface area contributed by atoms with E-state index in [1.807, 2.05) is 12.1 Å². The molecule has 1 aromatic rings. The van der Waals surface area contributed by atoms with Crippen LogP contribution in [-0.4, -0.2) is 39.6 Å². The Morgan fingerprint density at radius 2 is 1.60 bits per heavy atom. The lowest BCUT2D eigenvalue weighted by Crippen LogP contribution is -2.15. The maximum atomic E-state index is 8.71. The van der Waals surface area contributed by atoms with Crippen molar-refractivity contribution in [3.05, 3.63) is 17.7 Å². The van der Waals surface area contributed by atoms with E-state index in [4.69, 9.17) is 19.3 Å². The number of aliphatic hydroxyl groups is 1. The third kappa shape index (κ3) is 4.90. The van der Waals surface area contributed by atoms with Gasteiger partial charge in [0.05, 0.1) is 21.3 Å². The average Bonchev–Trinajstić information content (AvgIpc) is 2.49. The number of benzene rings is 1. The van der Waals surface area contributed by atoms with Crippen molar-refractivity contribution in [2.45, 2.75) is 25.8 Å². The largest absolute Gasteiger partial charge is 0.493 e. The zero-order valence-corrected chi connectivity index (χ0v) is 12.6. The highest BCUT2D eigenvalue weighted by Gasteiger charge is 2.12. The van der Waals surface area contributed by atoms with Crippen molar-refractivity contribution >= 4 is 0 Å². The number of nitrogens with one attached hydrogen (secondary N) is 1. The Bertz CT molecular complexity index is 370. The first-order valence-electron chi connectivity index (χ1n) is 6.87. The molecular formula is C15H25NO4. The molecule has 1 rings (SSSR count). The highest BCUT2D eigenvalue weighted by atomic mass is 16.5. The zero-order valence-electron chi connectivity index (χ0n) is 12.6. The van der Waals surface area contributed by atoms with Crippen LogP contribution in [0.25, 0.3) is 0 Å². The van der Waals surface area contributed by atoms with Crippen molar-refractivity contribution in [2.75, 3.05) is 34.5 Å². The summed E-state index contributed by atoms with van der Waals surface area (Å²) in [4.78, 5) is 0. The molecule has 0 aliphatic heterocycles. The van der Waals surface area contributed by atoms with Crippen LogP contribution in [0.15, 0.2) is 12.1 Å². The Balaban J connectivity index is 2.57. The molecule has 0 unspecified atom stereocenters. The van der Waals surface area contributed by atoms with Crippen LogP contribution < -0.4 is 19.5 Å². The van der Waals surface area contributed by atoms with Crippen LogP contribution in [0.3, 0.4) is 0 Å². The Morgan fingerprint density at radius 1 is 0.950 bits per heavy atom. The molecule has 0 saturated carbocycles. The summed E-state index contributed by atoms with van der Waals surface area (Å²) >= 11 is 0. The predicted molar refractivity (Wildman–Crippen MR) is 78.7 cm³/mol. The van der Waals surface area contributed by atoms with Crippen molar-refractivity contribution in [1.82, 2.24) is 5.32 Å². The number of hydrogen-bond donors (Lipinski definition) is 2. The third-order valence-corrected chi connectivity index (χ3v) is 3.07. The fourth-order valence-corrected chi connectivity index (χ4v) is 2.01. The van der Waals surface area contributed by atoms with Gasteiger partial charge in [-0.1, -0.05) is 0 Å². The molecule has 0 fully saturated rings. The quantitative estimate of drug-likeness (QED) is 0.643. The van der Waals surface area contributed by atoms with Crippen LogP contribution in [0.5, 0.6) is 17.2 Å². The van der Waals surface area contributed by atoms with Crippen LogP contribution in [-0.2, 0) is 6.54 Å². The molecule has 0 aromatic heterocycles. The fourth-order valence-electron chi connectivity index (χ4n) is 2.01. The summed E-state index contributed by atoms with van der Waals surface area (Å²) in [5, 5.41) is 12.1. The van der Waals surface area contributed by atoms with Crippen LogP contribution in [0.4, 0.5) is 0 Å². The van der Waals surface area contributed by atoms with E-state index >= 15 is 0 Å². The monoisotopic (exact) mass is 283 g/mol. The minimum absolute atomic E-state index is 0.271. The molecule has 0 radical (unpaired) electrons. The Kier molecular flexibility index (Phi) is 7.84. The first kappa shape index (κ1) is 16.6. The number of methoxy groups -OCH3 is 3. The molecule has 0 saturated heterocycles. The van der Waals surface area contributed by atoms with E-state index in [1.54, 1.807) is 21.3 Å². The molecule has 0 aliphatic rings. The van der Waals surface area contributed by atoms with Crippen LogP contribution in [0.1, 0.15) is 24.8 Å². The van der Waals surface area contributed by atoms with Gasteiger partial charge >= 0.3 is 0 Å². The third-order valence-electron chi connectivity index (χ3n) is 3.07. The van der Waals surface area contributed by atoms with Crippen molar-refractivity contribution in [1.29, 1.82) is 0 Å². The lowest BCUT2D eigenvalue weighted by molar-refractivity contribution is 0.283. The second kappa shape index (κ2) is 9.44. The number of hydrogen-bond acceptors (Lipinski definition) is 5. The van der Waals surface area contributed by atoms with Crippen LogP contribution in [0, 0.1) is 0 Å². The van der Waals surface area contributed by atoms with Gasteiger partial charge in [-0.2, -0.15) is 0 Å². The second-order valence-electron chi connectivity index (χ2n) is 4.49. The van der Waals surface area contributed by atoms with Gasteiger partial charge in [-0.25, -0.2) is 0 Å². The minimum Gasteiger partial charge on any atom is -0.493 e. The lowest BCUT2D eigenvalue weighted by Gasteiger charge is -2.14. The Hall–Kier alpha value is -1.46. The smallest absolute Gasteiger partial charge is 0.203 e. The summed E-state index contributed by atoms with van der Waals surface area (Å²) in [6.07, 6.45) is 2.97. The topological polar surface area (TPSA) is 60.0 Å². The Labute approximate surface area is 120 Å². The molecule has 0 atom stereocenters. The molecule has 114 valence electrons. The van der Waals surface area contributed by atoms with Crippen molar-refractivity contribution in [3.63, 3.8) is 0 Å². The normalized spacial score (nSPS) is 10.4. The van der Waals surface area contributed by atoms with E-state index in [0.29, 0.717) is 17.2 Å². The van der Waals surface area contributed by atoms with Gasteiger partial charge in [0, 0.05) is 13.2 Å². The van der Waals surface area contributed by atoms with E-state index in [2.05, 4.69) is 5.32 Å². The number of unbranched alkanes of at least 4 members (excludes halogenated alkanes) is 2. The average molecular weight is 283 g/mol. The van der Waals surface area contributed by atoms with Crippen molar-refractivity contribution in [3.8, 4) is 17.2 Å². The molecule has 0 heterocycles.